The van der Waals surface area contributed by atoms with Crippen LogP contribution < -0.4 is 5.73 Å². The number of ketones is 1. The van der Waals surface area contributed by atoms with Gasteiger partial charge in [0, 0.05) is 28.4 Å². The molecule has 0 amide bonds. The van der Waals surface area contributed by atoms with E-state index in [0.29, 0.717) is 21.8 Å². The molecule has 0 aliphatic heterocycles. The van der Waals surface area contributed by atoms with Gasteiger partial charge in [-0.3, -0.25) is 4.79 Å². The molecular formula is C16H13ClN2O. The summed E-state index contributed by atoms with van der Waals surface area (Å²) < 4.78 is 0. The molecule has 0 unspecified atom stereocenters. The fourth-order valence-corrected chi connectivity index (χ4v) is 2.67. The first-order valence-electron chi connectivity index (χ1n) is 6.25. The minimum Gasteiger partial charge on any atom is -0.398 e. The zero-order valence-corrected chi connectivity index (χ0v) is 11.7. The number of halogens is 1. The van der Waals surface area contributed by atoms with E-state index in [-0.39, 0.29) is 5.78 Å². The van der Waals surface area contributed by atoms with Crippen molar-refractivity contribution in [2.75, 3.05) is 5.73 Å². The van der Waals surface area contributed by atoms with Crippen LogP contribution in [0.25, 0.3) is 10.9 Å². The predicted octanol–water partition coefficient (Wildman–Crippen LogP) is 3.94. The number of rotatable bonds is 2. The van der Waals surface area contributed by atoms with E-state index in [2.05, 4.69) is 4.98 Å². The van der Waals surface area contributed by atoms with Gasteiger partial charge in [0.25, 0.3) is 0 Å². The number of nitrogens with one attached hydrogen (secondary N) is 1. The Hall–Kier alpha value is -2.26. The summed E-state index contributed by atoms with van der Waals surface area (Å²) in [4.78, 5) is 15.8. The lowest BCUT2D eigenvalue weighted by atomic mass is 9.97. The Morgan fingerprint density at radius 3 is 2.70 bits per heavy atom. The summed E-state index contributed by atoms with van der Waals surface area (Å²) in [7, 11) is 0. The molecule has 3 nitrogen and oxygen atoms in total. The van der Waals surface area contributed by atoms with Crippen molar-refractivity contribution in [2.45, 2.75) is 6.92 Å². The van der Waals surface area contributed by atoms with E-state index in [1.165, 1.54) is 0 Å². The lowest BCUT2D eigenvalue weighted by molar-refractivity contribution is 0.104. The monoisotopic (exact) mass is 284 g/mol. The van der Waals surface area contributed by atoms with Crippen LogP contribution >= 0.6 is 11.6 Å². The summed E-state index contributed by atoms with van der Waals surface area (Å²) in [6.07, 6.45) is 1.69. The molecule has 20 heavy (non-hydrogen) atoms. The van der Waals surface area contributed by atoms with Crippen LogP contribution in [0.4, 0.5) is 5.69 Å². The summed E-state index contributed by atoms with van der Waals surface area (Å²) in [6, 6.07) is 11.0. The van der Waals surface area contributed by atoms with Gasteiger partial charge in [-0.05, 0) is 24.6 Å². The number of aryl methyl sites for hydroxylation is 1. The number of H-pyrrole nitrogens is 1. The molecule has 1 heterocycles. The number of carbonyl (C=O) groups is 1. The average molecular weight is 285 g/mol. The van der Waals surface area contributed by atoms with Crippen molar-refractivity contribution in [3.8, 4) is 0 Å². The maximum absolute atomic E-state index is 12.7. The van der Waals surface area contributed by atoms with Crippen LogP contribution in [-0.2, 0) is 0 Å². The maximum atomic E-state index is 12.7. The number of hydrogen-bond acceptors (Lipinski definition) is 2. The van der Waals surface area contributed by atoms with Crippen LogP contribution in [0.3, 0.4) is 0 Å². The Morgan fingerprint density at radius 1 is 1.20 bits per heavy atom. The van der Waals surface area contributed by atoms with Crippen LogP contribution in [0.1, 0.15) is 21.5 Å². The zero-order valence-electron chi connectivity index (χ0n) is 10.9. The van der Waals surface area contributed by atoms with E-state index in [9.17, 15) is 4.79 Å². The third kappa shape index (κ3) is 1.87. The quantitative estimate of drug-likeness (QED) is 0.553. The molecule has 3 rings (SSSR count). The number of para-hydroxylation sites is 1. The number of aromatic amines is 1. The Labute approximate surface area is 121 Å². The Balaban J connectivity index is 2.21. The van der Waals surface area contributed by atoms with E-state index < -0.39 is 0 Å². The van der Waals surface area contributed by atoms with Crippen molar-refractivity contribution < 1.29 is 4.79 Å². The molecule has 1 aromatic heterocycles. The van der Waals surface area contributed by atoms with E-state index in [4.69, 9.17) is 17.3 Å². The van der Waals surface area contributed by atoms with Crippen molar-refractivity contribution in [2.24, 2.45) is 0 Å². The van der Waals surface area contributed by atoms with Crippen LogP contribution in [0.5, 0.6) is 0 Å². The van der Waals surface area contributed by atoms with Crippen molar-refractivity contribution >= 4 is 34.0 Å². The molecule has 0 saturated heterocycles. The standard InChI is InChI=1S/C16H13ClN2O/c1-9-4-2-7-13(18)14(9)16(20)11-8-19-15-10(11)5-3-6-12(15)17/h2-8,19H,18H2,1H3. The van der Waals surface area contributed by atoms with Gasteiger partial charge in [-0.25, -0.2) is 0 Å². The highest BCUT2D eigenvalue weighted by atomic mass is 35.5. The molecule has 0 aliphatic carbocycles. The highest BCUT2D eigenvalue weighted by molar-refractivity contribution is 6.36. The van der Waals surface area contributed by atoms with Gasteiger partial charge in [0.15, 0.2) is 5.78 Å². The number of hydrogen-bond donors (Lipinski definition) is 2. The molecular weight excluding hydrogens is 272 g/mol. The smallest absolute Gasteiger partial charge is 0.197 e. The normalized spacial score (nSPS) is 10.9. The minimum absolute atomic E-state index is 0.0888. The van der Waals surface area contributed by atoms with Crippen molar-refractivity contribution in [1.29, 1.82) is 0 Å². The second-order valence-electron chi connectivity index (χ2n) is 4.73. The second kappa shape index (κ2) is 4.69. The van der Waals surface area contributed by atoms with Crippen LogP contribution in [-0.4, -0.2) is 10.8 Å². The summed E-state index contributed by atoms with van der Waals surface area (Å²) in [6.45, 7) is 1.88. The number of nitrogens with two attached hydrogens (primary N) is 1. The number of anilines is 1. The number of carbonyl (C=O) groups excluding carboxylic acids is 1. The van der Waals surface area contributed by atoms with Gasteiger partial charge in [-0.2, -0.15) is 0 Å². The number of benzene rings is 2. The van der Waals surface area contributed by atoms with Crippen LogP contribution in [0.2, 0.25) is 5.02 Å². The molecule has 0 aliphatic rings. The van der Waals surface area contributed by atoms with Crippen molar-refractivity contribution in [3.63, 3.8) is 0 Å². The number of aromatic nitrogens is 1. The summed E-state index contributed by atoms with van der Waals surface area (Å²) >= 11 is 6.12. The van der Waals surface area contributed by atoms with Gasteiger partial charge in [-0.15, -0.1) is 0 Å². The molecule has 3 N–H and O–H groups in total. The molecule has 0 bridgehead atoms. The highest BCUT2D eigenvalue weighted by Gasteiger charge is 2.18. The van der Waals surface area contributed by atoms with Gasteiger partial charge < -0.3 is 10.7 Å². The largest absolute Gasteiger partial charge is 0.398 e. The van der Waals surface area contributed by atoms with E-state index in [0.717, 1.165) is 16.5 Å². The first-order chi connectivity index (χ1) is 9.59. The lowest BCUT2D eigenvalue weighted by Crippen LogP contribution is -2.07. The molecule has 0 fully saturated rings. The summed E-state index contributed by atoms with van der Waals surface area (Å²) in [5, 5.41) is 1.41. The van der Waals surface area contributed by atoms with Crippen molar-refractivity contribution in [3.05, 3.63) is 64.3 Å². The fourth-order valence-electron chi connectivity index (χ4n) is 2.44. The lowest BCUT2D eigenvalue weighted by Gasteiger charge is -2.07. The van der Waals surface area contributed by atoms with E-state index in [1.807, 2.05) is 31.2 Å². The Morgan fingerprint density at radius 2 is 1.95 bits per heavy atom. The van der Waals surface area contributed by atoms with Gasteiger partial charge in [0.05, 0.1) is 10.5 Å². The maximum Gasteiger partial charge on any atom is 0.197 e. The first-order valence-corrected chi connectivity index (χ1v) is 6.63. The SMILES string of the molecule is Cc1cccc(N)c1C(=O)c1c[nH]c2c(Cl)cccc12. The van der Waals surface area contributed by atoms with Gasteiger partial charge in [0.1, 0.15) is 0 Å². The zero-order chi connectivity index (χ0) is 14.3. The molecule has 0 radical (unpaired) electrons. The molecule has 4 heteroatoms. The summed E-state index contributed by atoms with van der Waals surface area (Å²) in [5.74, 6) is -0.0888. The van der Waals surface area contributed by atoms with E-state index in [1.54, 1.807) is 18.3 Å². The van der Waals surface area contributed by atoms with Crippen LogP contribution in [0, 0.1) is 6.92 Å². The Bertz CT molecular complexity index is 800. The summed E-state index contributed by atoms with van der Waals surface area (Å²) in [5.41, 5.74) is 9.21. The van der Waals surface area contributed by atoms with Gasteiger partial charge >= 0.3 is 0 Å². The first kappa shape index (κ1) is 12.8. The van der Waals surface area contributed by atoms with Crippen molar-refractivity contribution in [1.82, 2.24) is 4.98 Å². The number of fused-ring (bicyclic) bond motifs is 1. The van der Waals surface area contributed by atoms with Gasteiger partial charge in [0.2, 0.25) is 0 Å². The second-order valence-corrected chi connectivity index (χ2v) is 5.14. The molecule has 0 spiro atoms. The molecule has 2 aromatic carbocycles. The molecule has 0 saturated carbocycles. The predicted molar refractivity (Wildman–Crippen MR) is 82.3 cm³/mol. The Kier molecular flexibility index (Phi) is 2.99. The van der Waals surface area contributed by atoms with Crippen LogP contribution in [0.15, 0.2) is 42.6 Å². The van der Waals surface area contributed by atoms with E-state index >= 15 is 0 Å². The number of nitrogen functional groups attached to an aromatic ring is 1. The molecule has 3 aromatic rings. The minimum atomic E-state index is -0.0888. The molecule has 100 valence electrons. The topological polar surface area (TPSA) is 58.9 Å². The third-order valence-corrected chi connectivity index (χ3v) is 3.76. The third-order valence-electron chi connectivity index (χ3n) is 3.44. The molecule has 0 atom stereocenters. The highest BCUT2D eigenvalue weighted by Crippen LogP contribution is 2.28. The average Bonchev–Trinajstić information content (AvgIpc) is 2.83. The fraction of sp³-hybridized carbons (Fsp3) is 0.0625. The van der Waals surface area contributed by atoms with Gasteiger partial charge in [-0.1, -0.05) is 35.9 Å².